The summed E-state index contributed by atoms with van der Waals surface area (Å²) in [6, 6.07) is 8.32. The molecule has 108 valence electrons. The van der Waals surface area contributed by atoms with Crippen LogP contribution in [0, 0.1) is 0 Å². The third-order valence-corrected chi connectivity index (χ3v) is 5.32. The second-order valence-electron chi connectivity index (χ2n) is 5.47. The lowest BCUT2D eigenvalue weighted by molar-refractivity contribution is 0.590. The van der Waals surface area contributed by atoms with Crippen LogP contribution in [-0.4, -0.2) is 33.3 Å². The Hall–Kier alpha value is -1.33. The molecule has 1 atom stereocenters. The van der Waals surface area contributed by atoms with E-state index in [-0.39, 0.29) is 11.8 Å². The van der Waals surface area contributed by atoms with Crippen LogP contribution in [0.4, 0.5) is 5.69 Å². The van der Waals surface area contributed by atoms with E-state index in [1.54, 1.807) is 6.08 Å². The Balaban J connectivity index is 1.67. The molecule has 0 bridgehead atoms. The number of para-hydroxylation sites is 1. The Morgan fingerprint density at radius 2 is 1.95 bits per heavy atom. The highest BCUT2D eigenvalue weighted by Crippen LogP contribution is 2.24. The molecule has 0 aliphatic carbocycles. The lowest BCUT2D eigenvalue weighted by Crippen LogP contribution is -2.30. The summed E-state index contributed by atoms with van der Waals surface area (Å²) in [7, 11) is -2.98. The highest BCUT2D eigenvalue weighted by Gasteiger charge is 2.21. The first-order chi connectivity index (χ1) is 9.64. The van der Waals surface area contributed by atoms with Crippen LogP contribution in [0.3, 0.4) is 0 Å². The average molecular weight is 292 g/mol. The monoisotopic (exact) mass is 292 g/mol. The first kappa shape index (κ1) is 13.6. The molecule has 5 heteroatoms. The highest BCUT2D eigenvalue weighted by molar-refractivity contribution is 7.94. The molecule has 2 aliphatic heterocycles. The molecule has 1 fully saturated rings. The quantitative estimate of drug-likeness (QED) is 0.917. The molecule has 1 unspecified atom stereocenters. The summed E-state index contributed by atoms with van der Waals surface area (Å²) in [5, 5.41) is 4.64. The lowest BCUT2D eigenvalue weighted by atomic mass is 10.1. The minimum Gasteiger partial charge on any atom is -0.371 e. The SMILES string of the molecule is O=S1(=O)C=CC(NCc2ccccc2N2CCCC2)C1. The smallest absolute Gasteiger partial charge is 0.173 e. The normalized spacial score (nSPS) is 24.4. The van der Waals surface area contributed by atoms with Gasteiger partial charge in [0.15, 0.2) is 9.84 Å². The highest BCUT2D eigenvalue weighted by atomic mass is 32.2. The maximum absolute atomic E-state index is 11.4. The molecule has 0 radical (unpaired) electrons. The first-order valence-electron chi connectivity index (χ1n) is 7.11. The fraction of sp³-hybridized carbons (Fsp3) is 0.467. The predicted molar refractivity (Wildman–Crippen MR) is 81.4 cm³/mol. The Bertz CT molecular complexity index is 604. The second-order valence-corrected chi connectivity index (χ2v) is 7.40. The number of hydrogen-bond donors (Lipinski definition) is 1. The van der Waals surface area contributed by atoms with Gasteiger partial charge in [0.25, 0.3) is 0 Å². The van der Waals surface area contributed by atoms with Gasteiger partial charge in [-0.25, -0.2) is 8.42 Å². The molecule has 20 heavy (non-hydrogen) atoms. The van der Waals surface area contributed by atoms with Crippen molar-refractivity contribution in [3.8, 4) is 0 Å². The van der Waals surface area contributed by atoms with E-state index in [4.69, 9.17) is 0 Å². The maximum Gasteiger partial charge on any atom is 0.173 e. The van der Waals surface area contributed by atoms with Gasteiger partial charge in [-0.3, -0.25) is 0 Å². The van der Waals surface area contributed by atoms with E-state index in [9.17, 15) is 8.42 Å². The van der Waals surface area contributed by atoms with E-state index in [2.05, 4.69) is 28.4 Å². The first-order valence-corrected chi connectivity index (χ1v) is 8.83. The van der Waals surface area contributed by atoms with Gasteiger partial charge >= 0.3 is 0 Å². The van der Waals surface area contributed by atoms with Crippen LogP contribution >= 0.6 is 0 Å². The van der Waals surface area contributed by atoms with Crippen LogP contribution in [0.25, 0.3) is 0 Å². The zero-order chi connectivity index (χ0) is 14.0. The molecule has 1 aromatic carbocycles. The molecule has 1 aromatic rings. The molecule has 2 heterocycles. The van der Waals surface area contributed by atoms with Crippen molar-refractivity contribution in [2.24, 2.45) is 0 Å². The molecule has 1 saturated heterocycles. The fourth-order valence-electron chi connectivity index (χ4n) is 2.87. The van der Waals surface area contributed by atoms with Crippen LogP contribution in [-0.2, 0) is 16.4 Å². The van der Waals surface area contributed by atoms with E-state index < -0.39 is 9.84 Å². The fourth-order valence-corrected chi connectivity index (χ4v) is 4.14. The van der Waals surface area contributed by atoms with Crippen molar-refractivity contribution >= 4 is 15.5 Å². The van der Waals surface area contributed by atoms with Crippen molar-refractivity contribution in [2.45, 2.75) is 25.4 Å². The van der Waals surface area contributed by atoms with Crippen LogP contribution in [0.5, 0.6) is 0 Å². The lowest BCUT2D eigenvalue weighted by Gasteiger charge is -2.22. The zero-order valence-corrected chi connectivity index (χ0v) is 12.3. The van der Waals surface area contributed by atoms with Gasteiger partial charge in [0, 0.05) is 36.8 Å². The molecule has 1 N–H and O–H groups in total. The van der Waals surface area contributed by atoms with Gasteiger partial charge in [-0.15, -0.1) is 0 Å². The van der Waals surface area contributed by atoms with E-state index >= 15 is 0 Å². The predicted octanol–water partition coefficient (Wildman–Crippen LogP) is 1.69. The van der Waals surface area contributed by atoms with Crippen molar-refractivity contribution in [2.75, 3.05) is 23.7 Å². The molecular formula is C15H20N2O2S. The summed E-state index contributed by atoms with van der Waals surface area (Å²) in [5.74, 6) is 0.179. The summed E-state index contributed by atoms with van der Waals surface area (Å²) in [6.45, 7) is 2.95. The number of benzene rings is 1. The van der Waals surface area contributed by atoms with Gasteiger partial charge in [0.1, 0.15) is 0 Å². The van der Waals surface area contributed by atoms with Gasteiger partial charge in [0.2, 0.25) is 0 Å². The van der Waals surface area contributed by atoms with Crippen molar-refractivity contribution in [1.82, 2.24) is 5.32 Å². The molecule has 4 nitrogen and oxygen atoms in total. The number of nitrogens with zero attached hydrogens (tertiary/aromatic N) is 1. The number of anilines is 1. The molecule has 0 spiro atoms. The van der Waals surface area contributed by atoms with Gasteiger partial charge in [-0.2, -0.15) is 0 Å². The van der Waals surface area contributed by atoms with Crippen molar-refractivity contribution in [3.63, 3.8) is 0 Å². The van der Waals surface area contributed by atoms with Crippen molar-refractivity contribution in [3.05, 3.63) is 41.3 Å². The van der Waals surface area contributed by atoms with E-state index in [0.29, 0.717) is 6.54 Å². The molecule has 2 aliphatic rings. The number of sulfone groups is 1. The molecule has 3 rings (SSSR count). The number of hydrogen-bond acceptors (Lipinski definition) is 4. The molecule has 0 aromatic heterocycles. The van der Waals surface area contributed by atoms with Crippen LogP contribution in [0.2, 0.25) is 0 Å². The maximum atomic E-state index is 11.4. The standard InChI is InChI=1S/C15H20N2O2S/c18-20(19)10-7-14(12-20)16-11-13-5-1-2-6-15(13)17-8-3-4-9-17/h1-2,5-7,10,14,16H,3-4,8-9,11-12H2. The van der Waals surface area contributed by atoms with Crippen LogP contribution < -0.4 is 10.2 Å². The van der Waals surface area contributed by atoms with Gasteiger partial charge in [0.05, 0.1) is 5.75 Å². The van der Waals surface area contributed by atoms with E-state index in [0.717, 1.165) is 13.1 Å². The summed E-state index contributed by atoms with van der Waals surface area (Å²) < 4.78 is 22.8. The summed E-state index contributed by atoms with van der Waals surface area (Å²) >= 11 is 0. The third kappa shape index (κ3) is 3.04. The Labute approximate surface area is 120 Å². The van der Waals surface area contributed by atoms with Crippen LogP contribution in [0.15, 0.2) is 35.7 Å². The van der Waals surface area contributed by atoms with Crippen molar-refractivity contribution < 1.29 is 8.42 Å². The van der Waals surface area contributed by atoms with Crippen molar-refractivity contribution in [1.29, 1.82) is 0 Å². The largest absolute Gasteiger partial charge is 0.371 e. The van der Waals surface area contributed by atoms with Gasteiger partial charge < -0.3 is 10.2 Å². The summed E-state index contributed by atoms with van der Waals surface area (Å²) in [4.78, 5) is 2.41. The third-order valence-electron chi connectivity index (χ3n) is 3.92. The van der Waals surface area contributed by atoms with E-state index in [1.807, 2.05) is 6.07 Å². The minimum absolute atomic E-state index is 0.0633. The molecule has 0 saturated carbocycles. The van der Waals surface area contributed by atoms with E-state index in [1.165, 1.54) is 29.5 Å². The average Bonchev–Trinajstić information content (AvgIpc) is 3.06. The second kappa shape index (κ2) is 5.58. The molecular weight excluding hydrogens is 272 g/mol. The Kier molecular flexibility index (Phi) is 3.81. The van der Waals surface area contributed by atoms with Gasteiger partial charge in [-0.05, 0) is 24.5 Å². The topological polar surface area (TPSA) is 49.4 Å². The van der Waals surface area contributed by atoms with Gasteiger partial charge in [-0.1, -0.05) is 24.3 Å². The summed E-state index contributed by atoms with van der Waals surface area (Å²) in [6.07, 6.45) is 4.25. The minimum atomic E-state index is -2.98. The summed E-state index contributed by atoms with van der Waals surface area (Å²) in [5.41, 5.74) is 2.52. The Morgan fingerprint density at radius 1 is 1.20 bits per heavy atom. The Morgan fingerprint density at radius 3 is 2.65 bits per heavy atom. The number of rotatable bonds is 4. The molecule has 0 amide bonds. The number of nitrogens with one attached hydrogen (secondary N) is 1. The zero-order valence-electron chi connectivity index (χ0n) is 11.5. The van der Waals surface area contributed by atoms with Crippen LogP contribution in [0.1, 0.15) is 18.4 Å².